The Morgan fingerprint density at radius 1 is 1.24 bits per heavy atom. The van der Waals surface area contributed by atoms with Crippen molar-refractivity contribution in [2.24, 2.45) is 11.7 Å². The highest BCUT2D eigenvalue weighted by Gasteiger charge is 2.75. The standard InChI is InChI=1S/C22H25N3O8/c1-5-31-20(28)10-6-11-16(26)15-14(17(27)18(11)33-9(10)2)12(8-32-21(23)29)22(30-4)19-13(24(19)3)7-25(15)22/h12-13,19H,5-8H2,1-4H3,(H2,23,29)/t12-,13+,19+,22-,24?/m1/s1. The van der Waals surface area contributed by atoms with Gasteiger partial charge in [0.05, 0.1) is 35.4 Å². The molecule has 4 heterocycles. The number of rotatable bonds is 5. The number of nitrogens with zero attached hydrogens (tertiary/aromatic N) is 2. The molecule has 2 saturated heterocycles. The van der Waals surface area contributed by atoms with E-state index in [0.717, 1.165) is 0 Å². The third-order valence-electron chi connectivity index (χ3n) is 7.31. The van der Waals surface area contributed by atoms with Crippen molar-refractivity contribution < 1.29 is 38.1 Å². The molecule has 176 valence electrons. The van der Waals surface area contributed by atoms with Gasteiger partial charge in [-0.2, -0.15) is 0 Å². The van der Waals surface area contributed by atoms with Crippen molar-refractivity contribution in [1.29, 1.82) is 0 Å². The number of carbonyl (C=O) groups is 4. The largest absolute Gasteiger partial charge is 0.463 e. The molecule has 0 bridgehead atoms. The smallest absolute Gasteiger partial charge is 0.404 e. The molecular formula is C22H25N3O8. The number of ketones is 2. The number of carbonyl (C=O) groups excluding carboxylic acids is 4. The van der Waals surface area contributed by atoms with Crippen LogP contribution in [-0.2, 0) is 33.3 Å². The van der Waals surface area contributed by atoms with E-state index < -0.39 is 35.3 Å². The molecule has 0 aromatic carbocycles. The number of methoxy groups -OCH3 is 1. The molecule has 2 N–H and O–H groups in total. The predicted octanol–water partition coefficient (Wildman–Crippen LogP) is -0.0302. The van der Waals surface area contributed by atoms with Gasteiger partial charge in [0.25, 0.3) is 0 Å². The van der Waals surface area contributed by atoms with Crippen molar-refractivity contribution in [2.75, 3.05) is 33.9 Å². The number of ether oxygens (including phenoxy) is 4. The maximum Gasteiger partial charge on any atom is 0.404 e. The molecule has 1 unspecified atom stereocenters. The van der Waals surface area contributed by atoms with Crippen LogP contribution in [0, 0.1) is 5.92 Å². The first-order valence-electron chi connectivity index (χ1n) is 10.8. The van der Waals surface area contributed by atoms with E-state index >= 15 is 0 Å². The molecule has 11 heteroatoms. The van der Waals surface area contributed by atoms with Gasteiger partial charge in [-0.05, 0) is 20.9 Å². The van der Waals surface area contributed by atoms with Crippen molar-refractivity contribution >= 4 is 23.6 Å². The molecule has 1 amide bonds. The van der Waals surface area contributed by atoms with Gasteiger partial charge in [0.2, 0.25) is 11.6 Å². The fourth-order valence-corrected chi connectivity index (χ4v) is 5.84. The molecule has 0 spiro atoms. The second-order valence-electron chi connectivity index (χ2n) is 8.69. The minimum atomic E-state index is -1.06. The van der Waals surface area contributed by atoms with Crippen LogP contribution in [0.2, 0.25) is 0 Å². The van der Waals surface area contributed by atoms with Crippen LogP contribution in [-0.4, -0.2) is 85.2 Å². The Morgan fingerprint density at radius 3 is 2.61 bits per heavy atom. The van der Waals surface area contributed by atoms with Gasteiger partial charge in [0.15, 0.2) is 11.5 Å². The van der Waals surface area contributed by atoms with E-state index in [9.17, 15) is 19.2 Å². The number of fused-ring (bicyclic) bond motifs is 4. The highest BCUT2D eigenvalue weighted by Crippen LogP contribution is 2.59. The summed E-state index contributed by atoms with van der Waals surface area (Å²) in [6.45, 7) is 3.66. The summed E-state index contributed by atoms with van der Waals surface area (Å²) in [6, 6.07) is 0.0382. The van der Waals surface area contributed by atoms with Crippen LogP contribution < -0.4 is 5.73 Å². The van der Waals surface area contributed by atoms with Crippen LogP contribution in [0.1, 0.15) is 20.3 Å². The van der Waals surface area contributed by atoms with E-state index in [-0.39, 0.29) is 65.7 Å². The minimum Gasteiger partial charge on any atom is -0.463 e. The number of nitrogens with two attached hydrogens (primary N) is 1. The van der Waals surface area contributed by atoms with Crippen molar-refractivity contribution in [2.45, 2.75) is 38.1 Å². The SMILES string of the molecule is CCOC(=O)C1=C(C)OC2=C(C1)C(=O)C1=C(C2=O)[C@@H](COC(N)=O)[C@@]2(OC)[C@@H]3[C@H](CN12)N3C. The summed E-state index contributed by atoms with van der Waals surface area (Å²) in [6.07, 6.45) is -1.05. The van der Waals surface area contributed by atoms with E-state index in [4.69, 9.17) is 24.7 Å². The molecule has 2 fully saturated rings. The topological polar surface area (TPSA) is 137 Å². The molecule has 5 atom stereocenters. The number of piperazine rings is 1. The fourth-order valence-electron chi connectivity index (χ4n) is 5.84. The van der Waals surface area contributed by atoms with Gasteiger partial charge in [-0.1, -0.05) is 0 Å². The first-order valence-corrected chi connectivity index (χ1v) is 10.8. The molecule has 0 radical (unpaired) electrons. The van der Waals surface area contributed by atoms with E-state index in [0.29, 0.717) is 6.54 Å². The van der Waals surface area contributed by atoms with Crippen LogP contribution in [0.25, 0.3) is 0 Å². The summed E-state index contributed by atoms with van der Waals surface area (Å²) in [7, 11) is 3.45. The number of hydrogen-bond donors (Lipinski definition) is 1. The lowest BCUT2D eigenvalue weighted by molar-refractivity contribution is -0.144. The van der Waals surface area contributed by atoms with Gasteiger partial charge < -0.3 is 29.6 Å². The maximum absolute atomic E-state index is 13.7. The average Bonchev–Trinajstić information content (AvgIpc) is 3.15. The maximum atomic E-state index is 13.7. The zero-order chi connectivity index (χ0) is 23.8. The number of amides is 1. The van der Waals surface area contributed by atoms with Crippen LogP contribution in [0.5, 0.6) is 0 Å². The first kappa shape index (κ1) is 21.7. The Bertz CT molecular complexity index is 1100. The lowest BCUT2D eigenvalue weighted by atomic mass is 9.81. The van der Waals surface area contributed by atoms with Gasteiger partial charge in [-0.15, -0.1) is 0 Å². The third kappa shape index (κ3) is 2.69. The second kappa shape index (κ2) is 7.16. The lowest BCUT2D eigenvalue weighted by Gasteiger charge is -2.40. The Labute approximate surface area is 189 Å². The molecule has 11 nitrogen and oxygen atoms in total. The van der Waals surface area contributed by atoms with Crippen LogP contribution in [0.3, 0.4) is 0 Å². The molecule has 4 aliphatic heterocycles. The fraction of sp³-hybridized carbons (Fsp3) is 0.545. The Balaban J connectivity index is 1.56. The van der Waals surface area contributed by atoms with Gasteiger partial charge in [-0.3, -0.25) is 14.5 Å². The van der Waals surface area contributed by atoms with Crippen molar-refractivity contribution in [3.63, 3.8) is 0 Å². The molecule has 1 aliphatic carbocycles. The van der Waals surface area contributed by atoms with Crippen molar-refractivity contribution in [1.82, 2.24) is 9.80 Å². The van der Waals surface area contributed by atoms with Gasteiger partial charge in [0.1, 0.15) is 12.4 Å². The van der Waals surface area contributed by atoms with E-state index in [2.05, 4.69) is 4.90 Å². The van der Waals surface area contributed by atoms with Gasteiger partial charge >= 0.3 is 12.1 Å². The average molecular weight is 459 g/mol. The molecule has 33 heavy (non-hydrogen) atoms. The van der Waals surface area contributed by atoms with Crippen molar-refractivity contribution in [3.05, 3.63) is 33.9 Å². The summed E-state index contributed by atoms with van der Waals surface area (Å²) < 4.78 is 21.9. The summed E-state index contributed by atoms with van der Waals surface area (Å²) in [4.78, 5) is 55.1. The van der Waals surface area contributed by atoms with Crippen LogP contribution in [0.15, 0.2) is 33.9 Å². The number of hydrogen-bond acceptors (Lipinski definition) is 10. The number of primary amides is 1. The zero-order valence-electron chi connectivity index (χ0n) is 18.8. The number of likely N-dealkylation sites (N-methyl/N-ethyl adjacent to an activating group) is 1. The Kier molecular flexibility index (Phi) is 4.70. The number of esters is 1. The molecule has 5 aliphatic rings. The van der Waals surface area contributed by atoms with E-state index in [1.165, 1.54) is 7.11 Å². The van der Waals surface area contributed by atoms with Crippen LogP contribution >= 0.6 is 0 Å². The van der Waals surface area contributed by atoms with E-state index in [1.807, 2.05) is 11.9 Å². The first-order chi connectivity index (χ1) is 15.7. The molecule has 0 aromatic heterocycles. The normalized spacial score (nSPS) is 34.0. The third-order valence-corrected chi connectivity index (χ3v) is 7.31. The summed E-state index contributed by atoms with van der Waals surface area (Å²) >= 11 is 0. The molecule has 5 rings (SSSR count). The highest BCUT2D eigenvalue weighted by molar-refractivity contribution is 6.26. The zero-order valence-corrected chi connectivity index (χ0v) is 18.8. The van der Waals surface area contributed by atoms with Gasteiger partial charge in [-0.25, -0.2) is 9.59 Å². The lowest BCUT2D eigenvalue weighted by Crippen LogP contribution is -2.55. The monoisotopic (exact) mass is 459 g/mol. The Morgan fingerprint density at radius 2 is 1.97 bits per heavy atom. The molecule has 0 saturated carbocycles. The van der Waals surface area contributed by atoms with Crippen molar-refractivity contribution in [3.8, 4) is 0 Å². The van der Waals surface area contributed by atoms with E-state index in [1.54, 1.807) is 13.8 Å². The van der Waals surface area contributed by atoms with Gasteiger partial charge in [0, 0.05) is 31.7 Å². The highest BCUT2D eigenvalue weighted by atomic mass is 16.6. The quantitative estimate of drug-likeness (QED) is 0.339. The number of allylic oxidation sites excluding steroid dienone is 3. The second-order valence-corrected chi connectivity index (χ2v) is 8.69. The number of Topliss-reactive ketones (excluding diaryl/α,β-unsaturated/α-hetero) is 2. The Hall–Kier alpha value is -3.18. The summed E-state index contributed by atoms with van der Waals surface area (Å²) in [5.74, 6) is -2.11. The predicted molar refractivity (Wildman–Crippen MR) is 110 cm³/mol. The molecule has 0 aromatic rings. The summed E-state index contributed by atoms with van der Waals surface area (Å²) in [5, 5.41) is 0. The molecular weight excluding hydrogens is 434 g/mol. The minimum absolute atomic E-state index is 0.0651. The summed E-state index contributed by atoms with van der Waals surface area (Å²) in [5.41, 5.74) is 4.86. The van der Waals surface area contributed by atoms with Crippen LogP contribution in [0.4, 0.5) is 4.79 Å².